The van der Waals surface area contributed by atoms with Gasteiger partial charge in [-0.3, -0.25) is 0 Å². The van der Waals surface area contributed by atoms with Crippen LogP contribution in [-0.4, -0.2) is 19.3 Å². The smallest absolute Gasteiger partial charge is 0.0950 e. The second-order valence-corrected chi connectivity index (χ2v) is 9.60. The molecular weight excluding hydrogens is 464 g/mol. The summed E-state index contributed by atoms with van der Waals surface area (Å²) in [7, 11) is 0. The van der Waals surface area contributed by atoms with E-state index in [2.05, 4.69) is 129 Å². The van der Waals surface area contributed by atoms with Crippen LogP contribution in [0.25, 0.3) is 66.1 Å². The predicted octanol–water partition coefficient (Wildman–Crippen LogP) is 8.34. The van der Waals surface area contributed by atoms with Gasteiger partial charge in [-0.15, -0.1) is 0 Å². The molecule has 0 aliphatic heterocycles. The van der Waals surface area contributed by atoms with E-state index in [-0.39, 0.29) is 0 Å². The van der Waals surface area contributed by atoms with Gasteiger partial charge in [-0.25, -0.2) is 0 Å². The fourth-order valence-electron chi connectivity index (χ4n) is 5.80. The fourth-order valence-corrected chi connectivity index (χ4v) is 5.80. The number of para-hydroxylation sites is 2. The highest BCUT2D eigenvalue weighted by atomic mass is 15.1. The molecule has 5 aromatic carbocycles. The van der Waals surface area contributed by atoms with E-state index in [0.717, 1.165) is 28.1 Å². The third kappa shape index (κ3) is 3.04. The molecule has 0 saturated carbocycles. The Balaban J connectivity index is 1.50. The molecule has 8 rings (SSSR count). The molecular formula is C34H22N4. The van der Waals surface area contributed by atoms with Crippen molar-refractivity contribution in [2.24, 2.45) is 0 Å². The van der Waals surface area contributed by atoms with Gasteiger partial charge < -0.3 is 9.13 Å². The van der Waals surface area contributed by atoms with E-state index in [9.17, 15) is 0 Å². The van der Waals surface area contributed by atoms with Gasteiger partial charge in [0.2, 0.25) is 0 Å². The Kier molecular flexibility index (Phi) is 4.49. The maximum Gasteiger partial charge on any atom is 0.0950 e. The van der Waals surface area contributed by atoms with Crippen LogP contribution in [0.4, 0.5) is 0 Å². The van der Waals surface area contributed by atoms with Gasteiger partial charge in [0.05, 0.1) is 34.1 Å². The average Bonchev–Trinajstić information content (AvgIpc) is 3.58. The summed E-state index contributed by atoms with van der Waals surface area (Å²) in [5.41, 5.74) is 7.58. The zero-order chi connectivity index (χ0) is 25.1. The first kappa shape index (κ1) is 20.9. The molecule has 0 fully saturated rings. The van der Waals surface area contributed by atoms with Crippen molar-refractivity contribution >= 4 is 43.5 Å². The summed E-state index contributed by atoms with van der Waals surface area (Å²) >= 11 is 0. The Morgan fingerprint density at radius 1 is 0.553 bits per heavy atom. The van der Waals surface area contributed by atoms with Gasteiger partial charge in [0.15, 0.2) is 0 Å². The highest BCUT2D eigenvalue weighted by Crippen LogP contribution is 2.40. The fraction of sp³-hybridized carbons (Fsp3) is 0. The summed E-state index contributed by atoms with van der Waals surface area (Å²) < 4.78 is 4.62. The number of fused-ring (bicyclic) bond motifs is 7. The Hall–Kier alpha value is -5.22. The molecule has 0 bridgehead atoms. The van der Waals surface area contributed by atoms with Gasteiger partial charge in [-0.2, -0.15) is 10.2 Å². The van der Waals surface area contributed by atoms with Crippen molar-refractivity contribution in [3.05, 3.63) is 134 Å². The minimum atomic E-state index is 0.856. The number of benzene rings is 5. The van der Waals surface area contributed by atoms with Gasteiger partial charge in [-0.05, 0) is 41.8 Å². The van der Waals surface area contributed by atoms with Crippen LogP contribution in [0.15, 0.2) is 134 Å². The van der Waals surface area contributed by atoms with Gasteiger partial charge in [0.25, 0.3) is 0 Å². The predicted molar refractivity (Wildman–Crippen MR) is 156 cm³/mol. The number of nitrogens with zero attached hydrogens (tertiary/aromatic N) is 4. The summed E-state index contributed by atoms with van der Waals surface area (Å²) in [6, 6.07) is 42.7. The number of rotatable bonds is 3. The van der Waals surface area contributed by atoms with Crippen LogP contribution in [-0.2, 0) is 0 Å². The van der Waals surface area contributed by atoms with Crippen LogP contribution in [0.5, 0.6) is 0 Å². The molecule has 0 saturated heterocycles. The molecule has 0 atom stereocenters. The molecule has 3 heterocycles. The van der Waals surface area contributed by atoms with Crippen molar-refractivity contribution in [1.82, 2.24) is 19.3 Å². The second kappa shape index (κ2) is 8.15. The Morgan fingerprint density at radius 3 is 2.18 bits per heavy atom. The van der Waals surface area contributed by atoms with E-state index in [1.807, 2.05) is 24.4 Å². The lowest BCUT2D eigenvalue weighted by Gasteiger charge is -2.12. The SMILES string of the molecule is c1ccc(-c2cc(-n3c4ccccc4c4ccc5ccc6c(ccn6-c6ccccc6)c5c43)cnn2)cc1. The Bertz CT molecular complexity index is 2120. The van der Waals surface area contributed by atoms with E-state index in [4.69, 9.17) is 0 Å². The van der Waals surface area contributed by atoms with Gasteiger partial charge in [0, 0.05) is 39.0 Å². The maximum atomic E-state index is 4.46. The molecule has 0 aliphatic rings. The lowest BCUT2D eigenvalue weighted by Crippen LogP contribution is -1.98. The van der Waals surface area contributed by atoms with Crippen LogP contribution in [0.3, 0.4) is 0 Å². The Morgan fingerprint density at radius 2 is 1.32 bits per heavy atom. The van der Waals surface area contributed by atoms with Gasteiger partial charge in [0.1, 0.15) is 0 Å². The molecule has 4 nitrogen and oxygen atoms in total. The minimum Gasteiger partial charge on any atom is -0.317 e. The lowest BCUT2D eigenvalue weighted by atomic mass is 10.0. The zero-order valence-corrected chi connectivity index (χ0v) is 20.5. The molecule has 4 heteroatoms. The van der Waals surface area contributed by atoms with Crippen LogP contribution in [0, 0.1) is 0 Å². The molecule has 8 aromatic rings. The van der Waals surface area contributed by atoms with E-state index >= 15 is 0 Å². The Labute approximate surface area is 219 Å². The monoisotopic (exact) mass is 486 g/mol. The van der Waals surface area contributed by atoms with Crippen LogP contribution < -0.4 is 0 Å². The van der Waals surface area contributed by atoms with Crippen LogP contribution >= 0.6 is 0 Å². The molecule has 178 valence electrons. The van der Waals surface area contributed by atoms with Crippen LogP contribution in [0.1, 0.15) is 0 Å². The molecule has 3 aromatic heterocycles. The first-order chi connectivity index (χ1) is 18.9. The number of hydrogen-bond acceptors (Lipinski definition) is 2. The summed E-state index contributed by atoms with van der Waals surface area (Å²) in [6.07, 6.45) is 4.04. The molecule has 0 aliphatic carbocycles. The topological polar surface area (TPSA) is 35.6 Å². The summed E-state index contributed by atoms with van der Waals surface area (Å²) in [6.45, 7) is 0. The standard InChI is InChI=1S/C34H22N4/c1-3-9-23(10-4-1)30-21-26(22-35-36-30)38-32-14-8-7-13-27(32)28-17-15-24-16-18-31-29(33(24)34(28)38)19-20-37(31)25-11-5-2-6-12-25/h1-22H. The summed E-state index contributed by atoms with van der Waals surface area (Å²) in [4.78, 5) is 0. The van der Waals surface area contributed by atoms with E-state index in [1.54, 1.807) is 0 Å². The molecule has 0 radical (unpaired) electrons. The highest BCUT2D eigenvalue weighted by Gasteiger charge is 2.18. The van der Waals surface area contributed by atoms with Crippen molar-refractivity contribution in [1.29, 1.82) is 0 Å². The molecule has 0 N–H and O–H groups in total. The normalized spacial score (nSPS) is 11.7. The van der Waals surface area contributed by atoms with Crippen molar-refractivity contribution < 1.29 is 0 Å². The summed E-state index contributed by atoms with van der Waals surface area (Å²) in [5, 5.41) is 15.0. The largest absolute Gasteiger partial charge is 0.317 e. The quantitative estimate of drug-likeness (QED) is 0.252. The first-order valence-electron chi connectivity index (χ1n) is 12.8. The number of aromatic nitrogens is 4. The second-order valence-electron chi connectivity index (χ2n) is 9.60. The van der Waals surface area contributed by atoms with E-state index in [1.165, 1.54) is 38.0 Å². The maximum absolute atomic E-state index is 4.46. The van der Waals surface area contributed by atoms with Crippen molar-refractivity contribution in [3.8, 4) is 22.6 Å². The van der Waals surface area contributed by atoms with E-state index < -0.39 is 0 Å². The molecule has 38 heavy (non-hydrogen) atoms. The highest BCUT2D eigenvalue weighted by molar-refractivity contribution is 6.25. The number of hydrogen-bond donors (Lipinski definition) is 0. The first-order valence-corrected chi connectivity index (χ1v) is 12.8. The van der Waals surface area contributed by atoms with Crippen molar-refractivity contribution in [2.45, 2.75) is 0 Å². The molecule has 0 spiro atoms. The zero-order valence-electron chi connectivity index (χ0n) is 20.5. The van der Waals surface area contributed by atoms with Crippen LogP contribution in [0.2, 0.25) is 0 Å². The molecule has 0 amide bonds. The van der Waals surface area contributed by atoms with E-state index in [0.29, 0.717) is 0 Å². The third-order valence-corrected chi connectivity index (χ3v) is 7.49. The molecule has 0 unspecified atom stereocenters. The minimum absolute atomic E-state index is 0.856. The van der Waals surface area contributed by atoms with Gasteiger partial charge in [-0.1, -0.05) is 84.9 Å². The lowest BCUT2D eigenvalue weighted by molar-refractivity contribution is 1.01. The van der Waals surface area contributed by atoms with Crippen molar-refractivity contribution in [2.75, 3.05) is 0 Å². The third-order valence-electron chi connectivity index (χ3n) is 7.49. The van der Waals surface area contributed by atoms with Gasteiger partial charge >= 0.3 is 0 Å². The summed E-state index contributed by atoms with van der Waals surface area (Å²) in [5.74, 6) is 0. The van der Waals surface area contributed by atoms with Crippen molar-refractivity contribution in [3.63, 3.8) is 0 Å². The average molecular weight is 487 g/mol.